The molecule has 6 heteroatoms. The Morgan fingerprint density at radius 3 is 3.04 bits per heavy atom. The maximum Gasteiger partial charge on any atom is 0.271 e. The van der Waals surface area contributed by atoms with Crippen LogP contribution in [-0.2, 0) is 13.0 Å². The summed E-state index contributed by atoms with van der Waals surface area (Å²) < 4.78 is 2.14. The van der Waals surface area contributed by atoms with Gasteiger partial charge >= 0.3 is 0 Å². The minimum absolute atomic E-state index is 0.0608. The van der Waals surface area contributed by atoms with Crippen molar-refractivity contribution in [1.82, 2.24) is 20.1 Å². The van der Waals surface area contributed by atoms with Crippen LogP contribution in [0.1, 0.15) is 28.7 Å². The molecule has 0 saturated carbocycles. The Labute approximate surface area is 155 Å². The van der Waals surface area contributed by atoms with E-state index in [0.29, 0.717) is 12.2 Å². The second-order valence-electron chi connectivity index (χ2n) is 6.49. The van der Waals surface area contributed by atoms with Gasteiger partial charge in [-0.15, -0.1) is 0 Å². The van der Waals surface area contributed by atoms with Gasteiger partial charge in [-0.2, -0.15) is 16.4 Å². The van der Waals surface area contributed by atoms with Crippen LogP contribution >= 0.6 is 11.3 Å². The van der Waals surface area contributed by atoms with Crippen LogP contribution in [-0.4, -0.2) is 26.7 Å². The van der Waals surface area contributed by atoms with Crippen molar-refractivity contribution in [3.05, 3.63) is 76.4 Å². The third-order valence-corrected chi connectivity index (χ3v) is 5.12. The fourth-order valence-corrected chi connectivity index (χ4v) is 3.81. The number of H-pyrrole nitrogens is 1. The molecule has 1 amide bonds. The molecule has 1 atom stereocenters. The summed E-state index contributed by atoms with van der Waals surface area (Å²) in [6.45, 7) is 2.66. The molecule has 0 bridgehead atoms. The van der Waals surface area contributed by atoms with Crippen molar-refractivity contribution < 1.29 is 4.79 Å². The number of hydrogen-bond donors (Lipinski definition) is 2. The van der Waals surface area contributed by atoms with Gasteiger partial charge in [-0.25, -0.2) is 0 Å². The van der Waals surface area contributed by atoms with Gasteiger partial charge in [0.25, 0.3) is 5.91 Å². The van der Waals surface area contributed by atoms with Gasteiger partial charge < -0.3 is 9.88 Å². The first-order chi connectivity index (χ1) is 12.7. The molecular formula is C20H20N4OS. The third kappa shape index (κ3) is 3.55. The summed E-state index contributed by atoms with van der Waals surface area (Å²) in [5.41, 5.74) is 3.73. The maximum absolute atomic E-state index is 12.4. The van der Waals surface area contributed by atoms with Crippen molar-refractivity contribution in [2.45, 2.75) is 25.9 Å². The first-order valence-corrected chi connectivity index (χ1v) is 9.53. The molecule has 0 spiro atoms. The lowest BCUT2D eigenvalue weighted by atomic mass is 10.1. The van der Waals surface area contributed by atoms with Gasteiger partial charge in [-0.1, -0.05) is 18.2 Å². The Hall–Kier alpha value is -2.86. The average Bonchev–Trinajstić information content (AvgIpc) is 3.37. The fourth-order valence-electron chi connectivity index (χ4n) is 3.13. The summed E-state index contributed by atoms with van der Waals surface area (Å²) in [4.78, 5) is 12.4. The van der Waals surface area contributed by atoms with E-state index in [1.807, 2.05) is 31.3 Å². The van der Waals surface area contributed by atoms with Crippen molar-refractivity contribution in [1.29, 1.82) is 0 Å². The lowest BCUT2D eigenvalue weighted by molar-refractivity contribution is 0.0935. The van der Waals surface area contributed by atoms with Crippen molar-refractivity contribution in [3.63, 3.8) is 0 Å². The van der Waals surface area contributed by atoms with Crippen LogP contribution < -0.4 is 5.32 Å². The van der Waals surface area contributed by atoms with Gasteiger partial charge in [0.2, 0.25) is 0 Å². The van der Waals surface area contributed by atoms with Crippen LogP contribution in [0.2, 0.25) is 0 Å². The molecule has 1 unspecified atom stereocenters. The summed E-state index contributed by atoms with van der Waals surface area (Å²) >= 11 is 1.67. The largest absolute Gasteiger partial charge is 0.348 e. The first-order valence-electron chi connectivity index (χ1n) is 8.59. The highest BCUT2D eigenvalue weighted by Gasteiger charge is 2.14. The predicted octanol–water partition coefficient (Wildman–Crippen LogP) is 3.84. The number of nitrogens with one attached hydrogen (secondary N) is 2. The molecule has 4 aromatic rings. The zero-order valence-electron chi connectivity index (χ0n) is 14.5. The zero-order valence-corrected chi connectivity index (χ0v) is 15.3. The molecule has 4 rings (SSSR count). The SMILES string of the molecule is CC(Cc1ccsc1)NC(=O)c1cc(Cn2ccc3ccccc32)[nH]n1. The van der Waals surface area contributed by atoms with E-state index in [2.05, 4.69) is 55.1 Å². The Morgan fingerprint density at radius 2 is 2.19 bits per heavy atom. The molecule has 5 nitrogen and oxygen atoms in total. The second kappa shape index (κ2) is 7.17. The topological polar surface area (TPSA) is 62.7 Å². The van der Waals surface area contributed by atoms with E-state index in [-0.39, 0.29) is 11.9 Å². The normalized spacial score (nSPS) is 12.3. The lowest BCUT2D eigenvalue weighted by Crippen LogP contribution is -2.34. The minimum Gasteiger partial charge on any atom is -0.348 e. The van der Waals surface area contributed by atoms with Crippen LogP contribution in [0, 0.1) is 0 Å². The Bertz CT molecular complexity index is 1020. The van der Waals surface area contributed by atoms with Crippen LogP contribution in [0.15, 0.2) is 59.4 Å². The van der Waals surface area contributed by atoms with E-state index < -0.39 is 0 Å². The Kier molecular flexibility index (Phi) is 4.58. The lowest BCUT2D eigenvalue weighted by Gasteiger charge is -2.11. The number of fused-ring (bicyclic) bond motifs is 1. The number of aromatic nitrogens is 3. The highest BCUT2D eigenvalue weighted by molar-refractivity contribution is 7.07. The molecule has 26 heavy (non-hydrogen) atoms. The number of rotatable bonds is 6. The summed E-state index contributed by atoms with van der Waals surface area (Å²) in [7, 11) is 0. The molecule has 0 fully saturated rings. The highest BCUT2D eigenvalue weighted by atomic mass is 32.1. The van der Waals surface area contributed by atoms with Gasteiger partial charge in [0, 0.05) is 17.8 Å². The molecule has 0 radical (unpaired) electrons. The van der Waals surface area contributed by atoms with E-state index in [0.717, 1.165) is 17.6 Å². The standard InChI is InChI=1S/C20H20N4OS/c1-14(10-15-7-9-26-13-15)21-20(25)18-11-17(22-23-18)12-24-8-6-16-4-2-3-5-19(16)24/h2-9,11,13-14H,10,12H2,1H3,(H,21,25)(H,22,23). The monoisotopic (exact) mass is 364 g/mol. The van der Waals surface area contributed by atoms with Crippen LogP contribution in [0.5, 0.6) is 0 Å². The summed E-state index contributed by atoms with van der Waals surface area (Å²) in [6.07, 6.45) is 2.87. The van der Waals surface area contributed by atoms with Crippen molar-refractivity contribution in [2.75, 3.05) is 0 Å². The van der Waals surface area contributed by atoms with E-state index in [4.69, 9.17) is 0 Å². The molecule has 2 N–H and O–H groups in total. The fraction of sp³-hybridized carbons (Fsp3) is 0.200. The molecule has 0 saturated heterocycles. The number of nitrogens with zero attached hydrogens (tertiary/aromatic N) is 2. The van der Waals surface area contributed by atoms with Crippen LogP contribution in [0.25, 0.3) is 10.9 Å². The number of amides is 1. The molecule has 0 aliphatic rings. The quantitative estimate of drug-likeness (QED) is 0.546. The number of benzene rings is 1. The number of thiophene rings is 1. The van der Waals surface area contributed by atoms with Gasteiger partial charge in [0.05, 0.1) is 12.2 Å². The van der Waals surface area contributed by atoms with Gasteiger partial charge in [-0.3, -0.25) is 9.89 Å². The van der Waals surface area contributed by atoms with Crippen LogP contribution in [0.3, 0.4) is 0 Å². The summed E-state index contributed by atoms with van der Waals surface area (Å²) in [5.74, 6) is -0.146. The van der Waals surface area contributed by atoms with Gasteiger partial charge in [-0.05, 0) is 59.3 Å². The number of hydrogen-bond acceptors (Lipinski definition) is 3. The first kappa shape index (κ1) is 16.6. The molecule has 0 aliphatic carbocycles. The van der Waals surface area contributed by atoms with E-state index in [1.54, 1.807) is 11.3 Å². The third-order valence-electron chi connectivity index (χ3n) is 4.38. The zero-order chi connectivity index (χ0) is 17.9. The number of carbonyl (C=O) groups is 1. The van der Waals surface area contributed by atoms with Crippen molar-refractivity contribution in [2.24, 2.45) is 0 Å². The molecular weight excluding hydrogens is 344 g/mol. The number of carbonyl (C=O) groups excluding carboxylic acids is 1. The molecule has 132 valence electrons. The van der Waals surface area contributed by atoms with Crippen LogP contribution in [0.4, 0.5) is 0 Å². The minimum atomic E-state index is -0.146. The maximum atomic E-state index is 12.4. The Balaban J connectivity index is 1.41. The van der Waals surface area contributed by atoms with Gasteiger partial charge in [0.15, 0.2) is 0 Å². The van der Waals surface area contributed by atoms with E-state index in [9.17, 15) is 4.79 Å². The average molecular weight is 364 g/mol. The second-order valence-corrected chi connectivity index (χ2v) is 7.27. The van der Waals surface area contributed by atoms with Crippen molar-refractivity contribution in [3.8, 4) is 0 Å². The molecule has 0 aliphatic heterocycles. The highest BCUT2D eigenvalue weighted by Crippen LogP contribution is 2.16. The number of para-hydroxylation sites is 1. The van der Waals surface area contributed by atoms with E-state index in [1.165, 1.54) is 10.9 Å². The molecule has 3 heterocycles. The summed E-state index contributed by atoms with van der Waals surface area (Å²) in [5, 5.41) is 15.5. The van der Waals surface area contributed by atoms with Crippen molar-refractivity contribution >= 4 is 28.1 Å². The summed E-state index contributed by atoms with van der Waals surface area (Å²) in [6, 6.07) is 14.3. The smallest absolute Gasteiger partial charge is 0.271 e. The van der Waals surface area contributed by atoms with Gasteiger partial charge in [0.1, 0.15) is 5.69 Å². The molecule has 3 aromatic heterocycles. The molecule has 1 aromatic carbocycles. The Morgan fingerprint density at radius 1 is 1.31 bits per heavy atom. The number of aromatic amines is 1. The predicted molar refractivity (Wildman–Crippen MR) is 105 cm³/mol. The van der Waals surface area contributed by atoms with E-state index >= 15 is 0 Å².